The number of hydrogen-bond acceptors (Lipinski definition) is 5. The van der Waals surface area contributed by atoms with Crippen LogP contribution in [0.4, 0.5) is 10.5 Å². The van der Waals surface area contributed by atoms with Crippen LogP contribution in [-0.2, 0) is 16.2 Å². The Morgan fingerprint density at radius 1 is 1.00 bits per heavy atom. The first kappa shape index (κ1) is 27.3. The summed E-state index contributed by atoms with van der Waals surface area (Å²) in [6, 6.07) is 15.6. The molecule has 0 radical (unpaired) electrons. The van der Waals surface area contributed by atoms with Gasteiger partial charge in [0.1, 0.15) is 12.2 Å². The SMILES string of the molecule is CCOc1cc(/C=C2\C(=O)NC(=O)N(c3ccc(Br)c(C)c3)C2=O)cc(I)c1OCc1ccc(Br)cc1. The second-order valence-electron chi connectivity index (χ2n) is 8.07. The Morgan fingerprint density at radius 3 is 2.41 bits per heavy atom. The van der Waals surface area contributed by atoms with Crippen molar-refractivity contribution in [3.63, 3.8) is 0 Å². The summed E-state index contributed by atoms with van der Waals surface area (Å²) < 4.78 is 14.5. The second kappa shape index (κ2) is 11.8. The lowest BCUT2D eigenvalue weighted by atomic mass is 10.1. The number of ether oxygens (including phenoxy) is 2. The Kier molecular flexibility index (Phi) is 8.71. The van der Waals surface area contributed by atoms with Crippen LogP contribution in [0, 0.1) is 10.5 Å². The van der Waals surface area contributed by atoms with E-state index in [1.807, 2.05) is 38.1 Å². The van der Waals surface area contributed by atoms with Gasteiger partial charge in [0.2, 0.25) is 0 Å². The molecule has 1 N–H and O–H groups in total. The summed E-state index contributed by atoms with van der Waals surface area (Å²) in [6.45, 7) is 4.45. The Hall–Kier alpha value is -2.70. The minimum absolute atomic E-state index is 0.165. The lowest BCUT2D eigenvalue weighted by molar-refractivity contribution is -0.122. The average molecular weight is 740 g/mol. The number of nitrogens with one attached hydrogen (secondary N) is 1. The highest BCUT2D eigenvalue weighted by Gasteiger charge is 2.37. The predicted octanol–water partition coefficient (Wildman–Crippen LogP) is 6.77. The Bertz CT molecular complexity index is 1420. The molecule has 1 fully saturated rings. The van der Waals surface area contributed by atoms with E-state index in [-0.39, 0.29) is 5.57 Å². The van der Waals surface area contributed by atoms with Gasteiger partial charge >= 0.3 is 6.03 Å². The van der Waals surface area contributed by atoms with Gasteiger partial charge in [0.15, 0.2) is 11.5 Å². The largest absolute Gasteiger partial charge is 0.490 e. The summed E-state index contributed by atoms with van der Waals surface area (Å²) in [4.78, 5) is 39.4. The zero-order chi connectivity index (χ0) is 26.7. The van der Waals surface area contributed by atoms with Crippen LogP contribution < -0.4 is 19.7 Å². The van der Waals surface area contributed by atoms with Crippen molar-refractivity contribution < 1.29 is 23.9 Å². The van der Waals surface area contributed by atoms with E-state index in [9.17, 15) is 14.4 Å². The summed E-state index contributed by atoms with van der Waals surface area (Å²) in [5.74, 6) is -0.421. The van der Waals surface area contributed by atoms with Crippen molar-refractivity contribution in [2.75, 3.05) is 11.5 Å². The van der Waals surface area contributed by atoms with E-state index in [2.05, 4.69) is 59.8 Å². The number of hydrogen-bond donors (Lipinski definition) is 1. The number of anilines is 1. The van der Waals surface area contributed by atoms with Gasteiger partial charge in [0.25, 0.3) is 11.8 Å². The lowest BCUT2D eigenvalue weighted by Gasteiger charge is -2.26. The van der Waals surface area contributed by atoms with Crippen LogP contribution >= 0.6 is 54.5 Å². The van der Waals surface area contributed by atoms with E-state index >= 15 is 0 Å². The average Bonchev–Trinajstić information content (AvgIpc) is 2.84. The molecule has 0 bridgehead atoms. The molecule has 0 spiro atoms. The quantitative estimate of drug-likeness (QED) is 0.164. The maximum atomic E-state index is 13.3. The first-order valence-corrected chi connectivity index (χ1v) is 13.9. The van der Waals surface area contributed by atoms with E-state index in [4.69, 9.17) is 9.47 Å². The van der Waals surface area contributed by atoms with Gasteiger partial charge in [0, 0.05) is 8.95 Å². The molecule has 0 unspecified atom stereocenters. The molecule has 1 aliphatic heterocycles. The number of imide groups is 2. The molecule has 4 rings (SSSR count). The molecule has 1 heterocycles. The summed E-state index contributed by atoms with van der Waals surface area (Å²) in [5, 5.41) is 2.26. The van der Waals surface area contributed by atoms with Crippen molar-refractivity contribution in [1.29, 1.82) is 0 Å². The fourth-order valence-electron chi connectivity index (χ4n) is 3.64. The smallest absolute Gasteiger partial charge is 0.335 e. The maximum absolute atomic E-state index is 13.3. The highest BCUT2D eigenvalue weighted by Crippen LogP contribution is 2.36. The van der Waals surface area contributed by atoms with Gasteiger partial charge in [0.05, 0.1) is 15.9 Å². The molecule has 1 saturated heterocycles. The topological polar surface area (TPSA) is 84.9 Å². The van der Waals surface area contributed by atoms with E-state index in [1.54, 1.807) is 30.3 Å². The van der Waals surface area contributed by atoms with Crippen molar-refractivity contribution in [2.24, 2.45) is 0 Å². The number of benzene rings is 3. The van der Waals surface area contributed by atoms with E-state index < -0.39 is 17.8 Å². The Morgan fingerprint density at radius 2 is 1.73 bits per heavy atom. The molecule has 0 saturated carbocycles. The third-order valence-corrected chi connectivity index (χ3v) is 7.66. The molecule has 3 aromatic carbocycles. The van der Waals surface area contributed by atoms with Crippen molar-refractivity contribution >= 4 is 84.1 Å². The van der Waals surface area contributed by atoms with Crippen molar-refractivity contribution in [3.8, 4) is 11.5 Å². The molecule has 10 heteroatoms. The number of amides is 4. The lowest BCUT2D eigenvalue weighted by Crippen LogP contribution is -2.54. The summed E-state index contributed by atoms with van der Waals surface area (Å²) in [7, 11) is 0. The number of nitrogens with zero attached hydrogens (tertiary/aromatic N) is 1. The number of barbiturate groups is 1. The Labute approximate surface area is 244 Å². The molecule has 1 aliphatic rings. The fourth-order valence-corrected chi connectivity index (χ4v) is 4.93. The third kappa shape index (κ3) is 6.24. The van der Waals surface area contributed by atoms with E-state index in [1.165, 1.54) is 6.08 Å². The van der Waals surface area contributed by atoms with Gasteiger partial charge < -0.3 is 9.47 Å². The van der Waals surface area contributed by atoms with Crippen LogP contribution in [0.15, 0.2) is 69.1 Å². The first-order chi connectivity index (χ1) is 17.7. The van der Waals surface area contributed by atoms with Crippen LogP contribution in [0.5, 0.6) is 11.5 Å². The number of urea groups is 1. The van der Waals surface area contributed by atoms with Crippen molar-refractivity contribution in [1.82, 2.24) is 5.32 Å². The third-order valence-electron chi connectivity index (χ3n) is 5.44. The van der Waals surface area contributed by atoms with Crippen LogP contribution in [0.3, 0.4) is 0 Å². The minimum atomic E-state index is -0.796. The molecular formula is C27H21Br2IN2O5. The molecule has 7 nitrogen and oxygen atoms in total. The number of rotatable bonds is 7. The molecule has 0 atom stereocenters. The minimum Gasteiger partial charge on any atom is -0.490 e. The fraction of sp³-hybridized carbons (Fsp3) is 0.148. The molecular weight excluding hydrogens is 719 g/mol. The Balaban J connectivity index is 1.66. The van der Waals surface area contributed by atoms with Crippen molar-refractivity contribution in [2.45, 2.75) is 20.5 Å². The highest BCUT2D eigenvalue weighted by atomic mass is 127. The maximum Gasteiger partial charge on any atom is 0.335 e. The molecule has 0 aromatic heterocycles. The summed E-state index contributed by atoms with van der Waals surface area (Å²) in [5.41, 5.74) is 2.59. The van der Waals surface area contributed by atoms with Gasteiger partial charge in [-0.3, -0.25) is 14.9 Å². The van der Waals surface area contributed by atoms with Crippen molar-refractivity contribution in [3.05, 3.63) is 89.4 Å². The highest BCUT2D eigenvalue weighted by molar-refractivity contribution is 14.1. The normalized spacial score (nSPS) is 14.7. The molecule has 3 aromatic rings. The zero-order valence-electron chi connectivity index (χ0n) is 19.8. The van der Waals surface area contributed by atoms with Gasteiger partial charge in [-0.1, -0.05) is 44.0 Å². The molecule has 0 aliphatic carbocycles. The standard InChI is InChI=1S/C27H21Br2IN2O5/c1-3-36-23-13-17(12-22(30)24(23)37-14-16-4-6-18(28)7-5-16)11-20-25(33)31-27(35)32(26(20)34)19-8-9-21(29)15(2)10-19/h4-13H,3,14H2,1-2H3,(H,31,33,35)/b20-11+. The van der Waals surface area contributed by atoms with Crippen LogP contribution in [0.25, 0.3) is 6.08 Å². The molecule has 4 amide bonds. The van der Waals surface area contributed by atoms with Crippen LogP contribution in [-0.4, -0.2) is 24.5 Å². The van der Waals surface area contributed by atoms with Gasteiger partial charge in [-0.25, -0.2) is 9.69 Å². The zero-order valence-corrected chi connectivity index (χ0v) is 25.1. The van der Waals surface area contributed by atoms with Gasteiger partial charge in [-0.2, -0.15) is 0 Å². The summed E-state index contributed by atoms with van der Waals surface area (Å²) >= 11 is 8.97. The summed E-state index contributed by atoms with van der Waals surface area (Å²) in [6.07, 6.45) is 1.45. The van der Waals surface area contributed by atoms with Crippen LogP contribution in [0.1, 0.15) is 23.6 Å². The van der Waals surface area contributed by atoms with E-state index in [0.29, 0.717) is 36.0 Å². The number of carbonyl (C=O) groups excluding carboxylic acids is 3. The van der Waals surface area contributed by atoms with Crippen LogP contribution in [0.2, 0.25) is 0 Å². The first-order valence-electron chi connectivity index (χ1n) is 11.2. The number of halogens is 3. The predicted molar refractivity (Wildman–Crippen MR) is 157 cm³/mol. The second-order valence-corrected chi connectivity index (χ2v) is 11.0. The number of aryl methyl sites for hydroxylation is 1. The van der Waals surface area contributed by atoms with E-state index in [0.717, 1.165) is 28.5 Å². The molecule has 37 heavy (non-hydrogen) atoms. The van der Waals surface area contributed by atoms with Gasteiger partial charge in [-0.15, -0.1) is 0 Å². The van der Waals surface area contributed by atoms with Gasteiger partial charge in [-0.05, 0) is 102 Å². The monoisotopic (exact) mass is 738 g/mol. The molecule has 190 valence electrons. The number of carbonyl (C=O) groups is 3.